The number of nitro groups is 1. The molecule has 5 nitrogen and oxygen atoms in total. The largest absolute Gasteiger partial charge is 0.392 e. The first kappa shape index (κ1) is 14.3. The summed E-state index contributed by atoms with van der Waals surface area (Å²) in [7, 11) is 0. The average Bonchev–Trinajstić information content (AvgIpc) is 2.46. The molecular weight excluding hydrogens is 280 g/mol. The van der Waals surface area contributed by atoms with E-state index in [4.69, 9.17) is 16.7 Å². The maximum Gasteiger partial charge on any atom is 0.271 e. The number of non-ortho nitro benzene ring substituents is 1. The van der Waals surface area contributed by atoms with Gasteiger partial charge < -0.3 is 10.4 Å². The van der Waals surface area contributed by atoms with Gasteiger partial charge in [0.15, 0.2) is 0 Å². The number of nitro benzene ring substituents is 1. The molecule has 0 amide bonds. The number of hydrogen-bond donors (Lipinski definition) is 2. The summed E-state index contributed by atoms with van der Waals surface area (Å²) in [4.78, 5) is 10.1. The molecule has 20 heavy (non-hydrogen) atoms. The SMILES string of the molecule is O=[N+]([O-])c1ccc(NCc2cccc(CO)c2)c(Cl)c1. The predicted octanol–water partition coefficient (Wildman–Crippen LogP) is 3.35. The van der Waals surface area contributed by atoms with Crippen LogP contribution >= 0.6 is 11.6 Å². The summed E-state index contributed by atoms with van der Waals surface area (Å²) in [5, 5.41) is 23.1. The number of benzene rings is 2. The van der Waals surface area contributed by atoms with E-state index in [0.717, 1.165) is 11.1 Å². The molecule has 0 radical (unpaired) electrons. The number of rotatable bonds is 5. The highest BCUT2D eigenvalue weighted by Gasteiger charge is 2.09. The lowest BCUT2D eigenvalue weighted by Gasteiger charge is -2.09. The monoisotopic (exact) mass is 292 g/mol. The van der Waals surface area contributed by atoms with Crippen molar-refractivity contribution in [2.24, 2.45) is 0 Å². The zero-order valence-electron chi connectivity index (χ0n) is 10.5. The van der Waals surface area contributed by atoms with Crippen molar-refractivity contribution in [3.05, 3.63) is 68.7 Å². The first-order chi connectivity index (χ1) is 9.60. The molecule has 2 aromatic rings. The van der Waals surface area contributed by atoms with Crippen LogP contribution in [0.3, 0.4) is 0 Å². The Morgan fingerprint density at radius 1 is 1.20 bits per heavy atom. The van der Waals surface area contributed by atoms with Crippen LogP contribution in [0.1, 0.15) is 11.1 Å². The number of nitrogens with one attached hydrogen (secondary N) is 1. The third kappa shape index (κ3) is 3.46. The Hall–Kier alpha value is -2.11. The lowest BCUT2D eigenvalue weighted by atomic mass is 10.1. The minimum absolute atomic E-state index is 0.00781. The highest BCUT2D eigenvalue weighted by atomic mass is 35.5. The molecular formula is C14H13ClN2O3. The van der Waals surface area contributed by atoms with Gasteiger partial charge in [-0.15, -0.1) is 0 Å². The summed E-state index contributed by atoms with van der Waals surface area (Å²) in [6, 6.07) is 11.8. The first-order valence-corrected chi connectivity index (χ1v) is 6.34. The van der Waals surface area contributed by atoms with Crippen LogP contribution in [0.4, 0.5) is 11.4 Å². The molecule has 0 atom stereocenters. The second kappa shape index (κ2) is 6.36. The van der Waals surface area contributed by atoms with Crippen LogP contribution in [0.5, 0.6) is 0 Å². The van der Waals surface area contributed by atoms with Crippen molar-refractivity contribution in [3.63, 3.8) is 0 Å². The normalized spacial score (nSPS) is 10.3. The van der Waals surface area contributed by atoms with Crippen LogP contribution in [0.25, 0.3) is 0 Å². The van der Waals surface area contributed by atoms with Crippen molar-refractivity contribution < 1.29 is 10.0 Å². The molecule has 0 heterocycles. The fraction of sp³-hybridized carbons (Fsp3) is 0.143. The Bertz CT molecular complexity index is 632. The van der Waals surface area contributed by atoms with Crippen molar-refractivity contribution in [2.75, 3.05) is 5.32 Å². The van der Waals surface area contributed by atoms with E-state index in [1.807, 2.05) is 24.3 Å². The van der Waals surface area contributed by atoms with E-state index in [0.29, 0.717) is 17.3 Å². The van der Waals surface area contributed by atoms with Gasteiger partial charge in [-0.2, -0.15) is 0 Å². The summed E-state index contributed by atoms with van der Waals surface area (Å²) in [5.41, 5.74) is 2.42. The summed E-state index contributed by atoms with van der Waals surface area (Å²) >= 11 is 5.99. The minimum atomic E-state index is -0.486. The van der Waals surface area contributed by atoms with Gasteiger partial charge >= 0.3 is 0 Å². The number of aliphatic hydroxyl groups is 1. The quantitative estimate of drug-likeness (QED) is 0.654. The third-order valence-electron chi connectivity index (χ3n) is 2.82. The molecule has 0 saturated heterocycles. The molecule has 0 aromatic heterocycles. The summed E-state index contributed by atoms with van der Waals surface area (Å²) < 4.78 is 0. The molecule has 0 aliphatic rings. The Morgan fingerprint density at radius 3 is 2.60 bits per heavy atom. The van der Waals surface area contributed by atoms with Crippen LogP contribution < -0.4 is 5.32 Å². The standard InChI is InChI=1S/C14H13ClN2O3/c15-13-7-12(17(19)20)4-5-14(13)16-8-10-2-1-3-11(6-10)9-18/h1-7,16,18H,8-9H2. The molecule has 2 rings (SSSR count). The van der Waals surface area contributed by atoms with Crippen LogP contribution in [0.15, 0.2) is 42.5 Å². The molecule has 0 spiro atoms. The molecule has 0 saturated carbocycles. The van der Waals surface area contributed by atoms with Gasteiger partial charge in [-0.25, -0.2) is 0 Å². The van der Waals surface area contributed by atoms with Crippen LogP contribution in [-0.4, -0.2) is 10.0 Å². The zero-order chi connectivity index (χ0) is 14.5. The molecule has 6 heteroatoms. The Morgan fingerprint density at radius 2 is 1.95 bits per heavy atom. The second-order valence-electron chi connectivity index (χ2n) is 4.25. The van der Waals surface area contributed by atoms with E-state index >= 15 is 0 Å². The number of hydrogen-bond acceptors (Lipinski definition) is 4. The topological polar surface area (TPSA) is 75.4 Å². The van der Waals surface area contributed by atoms with Gasteiger partial charge in [0.05, 0.1) is 22.2 Å². The molecule has 0 bridgehead atoms. The molecule has 2 N–H and O–H groups in total. The number of halogens is 1. The lowest BCUT2D eigenvalue weighted by Crippen LogP contribution is -2.01. The molecule has 0 unspecified atom stereocenters. The van der Waals surface area contributed by atoms with Gasteiger partial charge in [0.1, 0.15) is 0 Å². The third-order valence-corrected chi connectivity index (χ3v) is 3.13. The Kier molecular flexibility index (Phi) is 4.55. The van der Waals surface area contributed by atoms with Gasteiger partial charge in [-0.1, -0.05) is 35.9 Å². The van der Waals surface area contributed by atoms with Gasteiger partial charge in [0.25, 0.3) is 5.69 Å². The second-order valence-corrected chi connectivity index (χ2v) is 4.66. The van der Waals surface area contributed by atoms with E-state index in [-0.39, 0.29) is 12.3 Å². The van der Waals surface area contributed by atoms with E-state index in [9.17, 15) is 10.1 Å². The van der Waals surface area contributed by atoms with E-state index in [1.165, 1.54) is 12.1 Å². The van der Waals surface area contributed by atoms with Crippen molar-refractivity contribution >= 4 is 23.0 Å². The number of nitrogens with zero attached hydrogens (tertiary/aromatic N) is 1. The van der Waals surface area contributed by atoms with Gasteiger partial charge in [0.2, 0.25) is 0 Å². The van der Waals surface area contributed by atoms with Gasteiger partial charge in [-0.05, 0) is 17.2 Å². The maximum atomic E-state index is 10.6. The predicted molar refractivity (Wildman–Crippen MR) is 77.8 cm³/mol. The van der Waals surface area contributed by atoms with Crippen molar-refractivity contribution in [3.8, 4) is 0 Å². The molecule has 0 aliphatic heterocycles. The van der Waals surface area contributed by atoms with Gasteiger partial charge in [0, 0.05) is 18.7 Å². The smallest absolute Gasteiger partial charge is 0.271 e. The average molecular weight is 293 g/mol. The van der Waals surface area contributed by atoms with Gasteiger partial charge in [-0.3, -0.25) is 10.1 Å². The van der Waals surface area contributed by atoms with E-state index < -0.39 is 4.92 Å². The fourth-order valence-corrected chi connectivity index (χ4v) is 2.04. The number of aliphatic hydroxyl groups excluding tert-OH is 1. The highest BCUT2D eigenvalue weighted by molar-refractivity contribution is 6.33. The molecule has 0 fully saturated rings. The Labute approximate surface area is 121 Å². The minimum Gasteiger partial charge on any atom is -0.392 e. The van der Waals surface area contributed by atoms with E-state index in [2.05, 4.69) is 5.32 Å². The molecule has 2 aromatic carbocycles. The summed E-state index contributed by atoms with van der Waals surface area (Å²) in [6.07, 6.45) is 0. The fourth-order valence-electron chi connectivity index (χ4n) is 1.80. The van der Waals surface area contributed by atoms with Crippen molar-refractivity contribution in [2.45, 2.75) is 13.2 Å². The van der Waals surface area contributed by atoms with Crippen LogP contribution in [-0.2, 0) is 13.2 Å². The summed E-state index contributed by atoms with van der Waals surface area (Å²) in [5.74, 6) is 0. The van der Waals surface area contributed by atoms with Crippen molar-refractivity contribution in [1.29, 1.82) is 0 Å². The summed E-state index contributed by atoms with van der Waals surface area (Å²) in [6.45, 7) is 0.511. The van der Waals surface area contributed by atoms with Crippen LogP contribution in [0, 0.1) is 10.1 Å². The Balaban J connectivity index is 2.08. The first-order valence-electron chi connectivity index (χ1n) is 5.96. The molecule has 0 aliphatic carbocycles. The molecule has 104 valence electrons. The maximum absolute atomic E-state index is 10.6. The lowest BCUT2D eigenvalue weighted by molar-refractivity contribution is -0.384. The van der Waals surface area contributed by atoms with E-state index in [1.54, 1.807) is 6.07 Å². The number of anilines is 1. The highest BCUT2D eigenvalue weighted by Crippen LogP contribution is 2.27. The zero-order valence-corrected chi connectivity index (χ0v) is 11.3. The van der Waals surface area contributed by atoms with Crippen molar-refractivity contribution in [1.82, 2.24) is 0 Å². The van der Waals surface area contributed by atoms with Crippen LogP contribution in [0.2, 0.25) is 5.02 Å².